The van der Waals surface area contributed by atoms with Crippen molar-refractivity contribution in [3.63, 3.8) is 0 Å². The lowest BCUT2D eigenvalue weighted by Gasteiger charge is -2.27. The average molecular weight is 231 g/mol. The summed E-state index contributed by atoms with van der Waals surface area (Å²) in [6, 6.07) is -1.78. The molecule has 92 valence electrons. The molecule has 0 aliphatic carbocycles. The van der Waals surface area contributed by atoms with E-state index in [-0.39, 0.29) is 6.54 Å². The van der Waals surface area contributed by atoms with Crippen molar-refractivity contribution in [3.8, 4) is 0 Å². The molecule has 5 N–H and O–H groups in total. The van der Waals surface area contributed by atoms with Crippen LogP contribution in [0.1, 0.15) is 20.8 Å². The molecular weight excluding hydrogens is 214 g/mol. The molecule has 0 aromatic rings. The topological polar surface area (TPSA) is 122 Å². The lowest BCUT2D eigenvalue weighted by atomic mass is 9.87. The minimum atomic E-state index is -1.14. The number of nitrogens with two attached hydrogens (primary N) is 1. The van der Waals surface area contributed by atoms with Gasteiger partial charge < -0.3 is 21.5 Å². The molecule has 1 atom stereocenters. The van der Waals surface area contributed by atoms with Crippen LogP contribution in [0, 0.1) is 5.41 Å². The van der Waals surface area contributed by atoms with Gasteiger partial charge in [-0.25, -0.2) is 9.59 Å². The van der Waals surface area contributed by atoms with Crippen LogP contribution in [0.5, 0.6) is 0 Å². The highest BCUT2D eigenvalue weighted by Gasteiger charge is 2.32. The SMILES string of the molecule is CC(C)(C)C(NC(=O)NCC(N)=O)C(=O)O. The maximum Gasteiger partial charge on any atom is 0.326 e. The van der Waals surface area contributed by atoms with Gasteiger partial charge >= 0.3 is 12.0 Å². The number of nitrogens with one attached hydrogen (secondary N) is 2. The summed E-state index contributed by atoms with van der Waals surface area (Å²) in [5.74, 6) is -1.83. The zero-order valence-electron chi connectivity index (χ0n) is 9.53. The van der Waals surface area contributed by atoms with E-state index in [0.29, 0.717) is 0 Å². The van der Waals surface area contributed by atoms with E-state index in [0.717, 1.165) is 0 Å². The van der Waals surface area contributed by atoms with Crippen LogP contribution in [0.25, 0.3) is 0 Å². The molecular formula is C9H17N3O4. The Kier molecular flexibility index (Phi) is 4.74. The Hall–Kier alpha value is -1.79. The van der Waals surface area contributed by atoms with Crippen LogP contribution in [0.4, 0.5) is 4.79 Å². The third-order valence-corrected chi connectivity index (χ3v) is 1.81. The van der Waals surface area contributed by atoms with Crippen LogP contribution in [-0.4, -0.2) is 35.6 Å². The van der Waals surface area contributed by atoms with Crippen molar-refractivity contribution in [2.75, 3.05) is 6.54 Å². The summed E-state index contributed by atoms with van der Waals surface area (Å²) in [7, 11) is 0. The van der Waals surface area contributed by atoms with E-state index in [1.165, 1.54) is 0 Å². The van der Waals surface area contributed by atoms with Gasteiger partial charge in [0, 0.05) is 0 Å². The Labute approximate surface area is 93.4 Å². The van der Waals surface area contributed by atoms with Crippen LogP contribution < -0.4 is 16.4 Å². The molecule has 0 rings (SSSR count). The molecule has 0 saturated heterocycles. The molecule has 16 heavy (non-hydrogen) atoms. The second kappa shape index (κ2) is 5.34. The zero-order valence-corrected chi connectivity index (χ0v) is 9.53. The van der Waals surface area contributed by atoms with E-state index < -0.39 is 29.4 Å². The standard InChI is InChI=1S/C9H17N3O4/c1-9(2,3)6(7(14)15)12-8(16)11-4-5(10)13/h6H,4H2,1-3H3,(H2,10,13)(H,14,15)(H2,11,12,16). The number of hydrogen-bond acceptors (Lipinski definition) is 3. The number of carbonyl (C=O) groups is 3. The fourth-order valence-electron chi connectivity index (χ4n) is 0.998. The van der Waals surface area contributed by atoms with E-state index in [1.54, 1.807) is 20.8 Å². The van der Waals surface area contributed by atoms with Gasteiger partial charge in [-0.05, 0) is 5.41 Å². The van der Waals surface area contributed by atoms with Crippen LogP contribution in [0.3, 0.4) is 0 Å². The zero-order chi connectivity index (χ0) is 12.9. The van der Waals surface area contributed by atoms with Gasteiger partial charge in [-0.2, -0.15) is 0 Å². The van der Waals surface area contributed by atoms with Crippen LogP contribution in [0.2, 0.25) is 0 Å². The lowest BCUT2D eigenvalue weighted by molar-refractivity contribution is -0.141. The first kappa shape index (κ1) is 14.2. The molecule has 0 fully saturated rings. The molecule has 0 aromatic carbocycles. The second-order valence-corrected chi connectivity index (χ2v) is 4.43. The number of amides is 3. The van der Waals surface area contributed by atoms with E-state index in [4.69, 9.17) is 10.8 Å². The third-order valence-electron chi connectivity index (χ3n) is 1.81. The Morgan fingerprint density at radius 3 is 2.12 bits per heavy atom. The van der Waals surface area contributed by atoms with Gasteiger partial charge in [0.1, 0.15) is 6.04 Å². The quantitative estimate of drug-likeness (QED) is 0.509. The Morgan fingerprint density at radius 1 is 1.31 bits per heavy atom. The number of primary amides is 1. The minimum Gasteiger partial charge on any atom is -0.480 e. The molecule has 0 aliphatic heterocycles. The molecule has 0 radical (unpaired) electrons. The molecule has 0 bridgehead atoms. The van der Waals surface area contributed by atoms with E-state index in [9.17, 15) is 14.4 Å². The highest BCUT2D eigenvalue weighted by molar-refractivity contribution is 5.86. The molecule has 0 aliphatic rings. The predicted molar refractivity (Wildman–Crippen MR) is 56.6 cm³/mol. The van der Waals surface area contributed by atoms with Gasteiger partial charge in [-0.3, -0.25) is 4.79 Å². The summed E-state index contributed by atoms with van der Waals surface area (Å²) in [4.78, 5) is 32.5. The fourth-order valence-corrected chi connectivity index (χ4v) is 0.998. The van der Waals surface area contributed by atoms with Crippen molar-refractivity contribution in [2.45, 2.75) is 26.8 Å². The maximum atomic E-state index is 11.2. The first-order valence-electron chi connectivity index (χ1n) is 4.70. The summed E-state index contributed by atoms with van der Waals surface area (Å²) < 4.78 is 0. The number of rotatable bonds is 4. The van der Waals surface area contributed by atoms with Gasteiger partial charge in [0.25, 0.3) is 0 Å². The van der Waals surface area contributed by atoms with E-state index in [1.807, 2.05) is 0 Å². The van der Waals surface area contributed by atoms with Gasteiger partial charge in [0.15, 0.2) is 0 Å². The average Bonchev–Trinajstić information content (AvgIpc) is 2.08. The van der Waals surface area contributed by atoms with Crippen molar-refractivity contribution in [1.82, 2.24) is 10.6 Å². The van der Waals surface area contributed by atoms with Crippen molar-refractivity contribution < 1.29 is 19.5 Å². The smallest absolute Gasteiger partial charge is 0.326 e. The van der Waals surface area contributed by atoms with Crippen molar-refractivity contribution in [3.05, 3.63) is 0 Å². The molecule has 0 saturated carbocycles. The van der Waals surface area contributed by atoms with Gasteiger partial charge in [-0.1, -0.05) is 20.8 Å². The van der Waals surface area contributed by atoms with Crippen LogP contribution in [0.15, 0.2) is 0 Å². The summed E-state index contributed by atoms with van der Waals surface area (Å²) in [5.41, 5.74) is 4.19. The monoisotopic (exact) mass is 231 g/mol. The largest absolute Gasteiger partial charge is 0.480 e. The number of carbonyl (C=O) groups excluding carboxylic acids is 2. The molecule has 7 heteroatoms. The van der Waals surface area contributed by atoms with Crippen molar-refractivity contribution >= 4 is 17.9 Å². The number of carboxylic acids is 1. The number of carboxylic acid groups (broad SMARTS) is 1. The fraction of sp³-hybridized carbons (Fsp3) is 0.667. The maximum absolute atomic E-state index is 11.2. The van der Waals surface area contributed by atoms with E-state index in [2.05, 4.69) is 10.6 Å². The normalized spacial score (nSPS) is 12.7. The lowest BCUT2D eigenvalue weighted by Crippen LogP contribution is -2.53. The second-order valence-electron chi connectivity index (χ2n) is 4.43. The molecule has 3 amide bonds. The number of aliphatic carboxylic acids is 1. The Balaban J connectivity index is 4.37. The minimum absolute atomic E-state index is 0.331. The Morgan fingerprint density at radius 2 is 1.81 bits per heavy atom. The van der Waals surface area contributed by atoms with Crippen molar-refractivity contribution in [1.29, 1.82) is 0 Å². The Bertz CT molecular complexity index is 296. The molecule has 0 spiro atoms. The molecule has 1 unspecified atom stereocenters. The van der Waals surface area contributed by atoms with Gasteiger partial charge in [0.2, 0.25) is 5.91 Å². The van der Waals surface area contributed by atoms with Gasteiger partial charge in [-0.15, -0.1) is 0 Å². The summed E-state index contributed by atoms with van der Waals surface area (Å²) in [5, 5.41) is 13.3. The third kappa shape index (κ3) is 5.18. The highest BCUT2D eigenvalue weighted by Crippen LogP contribution is 2.19. The molecule has 0 aromatic heterocycles. The summed E-state index contributed by atoms with van der Waals surface area (Å²) in [6.45, 7) is 4.71. The van der Waals surface area contributed by atoms with Gasteiger partial charge in [0.05, 0.1) is 6.54 Å². The molecule has 7 nitrogen and oxygen atoms in total. The highest BCUT2D eigenvalue weighted by atomic mass is 16.4. The first-order chi connectivity index (χ1) is 7.14. The predicted octanol–water partition coefficient (Wildman–Crippen LogP) is -0.730. The van der Waals surface area contributed by atoms with E-state index >= 15 is 0 Å². The van der Waals surface area contributed by atoms with Crippen LogP contribution in [-0.2, 0) is 9.59 Å². The number of hydrogen-bond donors (Lipinski definition) is 4. The summed E-state index contributed by atoms with van der Waals surface area (Å²) in [6.07, 6.45) is 0. The van der Waals surface area contributed by atoms with Crippen molar-refractivity contribution in [2.24, 2.45) is 11.1 Å². The molecule has 0 heterocycles. The number of urea groups is 1. The first-order valence-corrected chi connectivity index (χ1v) is 4.70. The summed E-state index contributed by atoms with van der Waals surface area (Å²) >= 11 is 0. The van der Waals surface area contributed by atoms with Crippen LogP contribution >= 0.6 is 0 Å².